The summed E-state index contributed by atoms with van der Waals surface area (Å²) in [6, 6.07) is 10.3. The average molecular weight is 280 g/mol. The molecule has 0 amide bonds. The molecule has 1 aromatic heterocycles. The van der Waals surface area contributed by atoms with Crippen molar-refractivity contribution >= 4 is 5.57 Å². The molecule has 2 aromatic rings. The Hall–Kier alpha value is -2.29. The van der Waals surface area contributed by atoms with Gasteiger partial charge in [0.05, 0.1) is 0 Å². The van der Waals surface area contributed by atoms with E-state index in [0.29, 0.717) is 0 Å². The molecule has 1 aliphatic heterocycles. The van der Waals surface area contributed by atoms with Crippen LogP contribution in [0.3, 0.4) is 0 Å². The predicted molar refractivity (Wildman–Crippen MR) is 85.7 cm³/mol. The first-order valence-corrected chi connectivity index (χ1v) is 7.43. The largest absolute Gasteiger partial charge is 0.373 e. The van der Waals surface area contributed by atoms with E-state index in [0.717, 1.165) is 42.1 Å². The topological polar surface area (TPSA) is 29.3 Å². The first-order chi connectivity index (χ1) is 10.3. The summed E-state index contributed by atoms with van der Waals surface area (Å²) >= 11 is 0. The number of benzene rings is 1. The van der Waals surface area contributed by atoms with Crippen LogP contribution >= 0.6 is 0 Å². The van der Waals surface area contributed by atoms with Crippen LogP contribution in [0.15, 0.2) is 53.2 Å². The zero-order valence-corrected chi connectivity index (χ0v) is 12.5. The number of rotatable bonds is 4. The molecule has 0 saturated carbocycles. The highest BCUT2D eigenvalue weighted by Crippen LogP contribution is 2.25. The number of hydrogen-bond acceptors (Lipinski definition) is 3. The van der Waals surface area contributed by atoms with Gasteiger partial charge in [0.15, 0.2) is 5.76 Å². The van der Waals surface area contributed by atoms with Crippen LogP contribution in [0.1, 0.15) is 24.7 Å². The highest BCUT2D eigenvalue weighted by molar-refractivity contribution is 5.74. The molecule has 3 heteroatoms. The summed E-state index contributed by atoms with van der Waals surface area (Å²) in [5.74, 6) is 0.822. The van der Waals surface area contributed by atoms with Crippen LogP contribution in [-0.2, 0) is 0 Å². The van der Waals surface area contributed by atoms with Gasteiger partial charge in [-0.05, 0) is 13.3 Å². The maximum absolute atomic E-state index is 5.52. The van der Waals surface area contributed by atoms with Gasteiger partial charge in [0, 0.05) is 36.5 Å². The summed E-state index contributed by atoms with van der Waals surface area (Å²) in [7, 11) is 0. The molecule has 0 fully saturated rings. The molecule has 1 aliphatic rings. The molecule has 0 aliphatic carbocycles. The van der Waals surface area contributed by atoms with E-state index in [4.69, 9.17) is 4.52 Å². The van der Waals surface area contributed by atoms with Crippen molar-refractivity contribution in [2.24, 2.45) is 0 Å². The molecule has 3 rings (SSSR count). The van der Waals surface area contributed by atoms with Crippen molar-refractivity contribution in [3.63, 3.8) is 0 Å². The second-order valence-corrected chi connectivity index (χ2v) is 5.42. The summed E-state index contributed by atoms with van der Waals surface area (Å²) < 4.78 is 5.52. The smallest absolute Gasteiger partial charge is 0.168 e. The standard InChI is InChI=1S/C18H20N2O/c1-3-10-20-11-4-5-16(13-20)18-12-17(19-21-18)15-8-6-14(2)7-9-15/h4-9,12-13H,3,10-11H2,1-2H3. The first-order valence-electron chi connectivity index (χ1n) is 7.43. The van der Waals surface area contributed by atoms with E-state index in [2.05, 4.69) is 66.5 Å². The summed E-state index contributed by atoms with van der Waals surface area (Å²) in [6.07, 6.45) is 7.57. The fourth-order valence-electron chi connectivity index (χ4n) is 2.47. The van der Waals surface area contributed by atoms with E-state index in [9.17, 15) is 0 Å². The van der Waals surface area contributed by atoms with Gasteiger partial charge in [-0.15, -0.1) is 0 Å². The van der Waals surface area contributed by atoms with Crippen molar-refractivity contribution in [2.45, 2.75) is 20.3 Å². The predicted octanol–water partition coefficient (Wildman–Crippen LogP) is 4.27. The Morgan fingerprint density at radius 1 is 1.24 bits per heavy atom. The minimum atomic E-state index is 0.822. The van der Waals surface area contributed by atoms with Gasteiger partial charge in [-0.3, -0.25) is 0 Å². The number of aromatic nitrogens is 1. The number of aryl methyl sites for hydroxylation is 1. The SMILES string of the molecule is CCCN1C=C(c2cc(-c3ccc(C)cc3)no2)C=CC1. The lowest BCUT2D eigenvalue weighted by Crippen LogP contribution is -2.20. The Bertz CT molecular complexity index is 665. The van der Waals surface area contributed by atoms with Gasteiger partial charge >= 0.3 is 0 Å². The lowest BCUT2D eigenvalue weighted by molar-refractivity contribution is 0.399. The van der Waals surface area contributed by atoms with E-state index < -0.39 is 0 Å². The molecule has 21 heavy (non-hydrogen) atoms. The minimum absolute atomic E-state index is 0.822. The summed E-state index contributed by atoms with van der Waals surface area (Å²) in [5.41, 5.74) is 4.30. The summed E-state index contributed by atoms with van der Waals surface area (Å²) in [6.45, 7) is 6.30. The first kappa shape index (κ1) is 13.7. The lowest BCUT2D eigenvalue weighted by Gasteiger charge is -2.21. The van der Waals surface area contributed by atoms with Gasteiger partial charge in [-0.1, -0.05) is 54.1 Å². The van der Waals surface area contributed by atoms with Crippen LogP contribution in [0.2, 0.25) is 0 Å². The van der Waals surface area contributed by atoms with Crippen LogP contribution in [0.25, 0.3) is 16.8 Å². The molecule has 0 saturated heterocycles. The molecule has 2 heterocycles. The lowest BCUT2D eigenvalue weighted by atomic mass is 10.1. The van der Waals surface area contributed by atoms with E-state index in [1.54, 1.807) is 0 Å². The minimum Gasteiger partial charge on any atom is -0.373 e. The van der Waals surface area contributed by atoms with Crippen molar-refractivity contribution < 1.29 is 4.52 Å². The zero-order valence-electron chi connectivity index (χ0n) is 12.5. The van der Waals surface area contributed by atoms with Gasteiger partial charge in [-0.2, -0.15) is 0 Å². The third-order valence-electron chi connectivity index (χ3n) is 3.61. The molecule has 3 nitrogen and oxygen atoms in total. The molecule has 1 aromatic carbocycles. The van der Waals surface area contributed by atoms with E-state index >= 15 is 0 Å². The Morgan fingerprint density at radius 2 is 2.05 bits per heavy atom. The monoisotopic (exact) mass is 280 g/mol. The van der Waals surface area contributed by atoms with Crippen molar-refractivity contribution in [1.29, 1.82) is 0 Å². The third-order valence-corrected chi connectivity index (χ3v) is 3.61. The van der Waals surface area contributed by atoms with Gasteiger partial charge in [0.25, 0.3) is 0 Å². The molecule has 108 valence electrons. The number of allylic oxidation sites excluding steroid dienone is 2. The van der Waals surface area contributed by atoms with Gasteiger partial charge < -0.3 is 9.42 Å². The van der Waals surface area contributed by atoms with Crippen LogP contribution < -0.4 is 0 Å². The van der Waals surface area contributed by atoms with Gasteiger partial charge in [0.1, 0.15) is 5.69 Å². The van der Waals surface area contributed by atoms with E-state index in [1.807, 2.05) is 6.07 Å². The molecule has 0 N–H and O–H groups in total. The van der Waals surface area contributed by atoms with E-state index in [1.165, 1.54) is 5.56 Å². The summed E-state index contributed by atoms with van der Waals surface area (Å²) in [4.78, 5) is 2.30. The Kier molecular flexibility index (Phi) is 3.91. The Labute approximate surface area is 125 Å². The molecular formula is C18H20N2O. The second kappa shape index (κ2) is 6.00. The van der Waals surface area contributed by atoms with Crippen molar-refractivity contribution in [3.8, 4) is 11.3 Å². The average Bonchev–Trinajstić information content (AvgIpc) is 2.98. The zero-order chi connectivity index (χ0) is 14.7. The highest BCUT2D eigenvalue weighted by Gasteiger charge is 2.12. The Balaban J connectivity index is 1.84. The Morgan fingerprint density at radius 3 is 2.81 bits per heavy atom. The van der Waals surface area contributed by atoms with Crippen molar-refractivity contribution in [2.75, 3.05) is 13.1 Å². The molecule has 0 spiro atoms. The molecule has 0 radical (unpaired) electrons. The maximum Gasteiger partial charge on any atom is 0.168 e. The third kappa shape index (κ3) is 3.07. The van der Waals surface area contributed by atoms with Crippen molar-refractivity contribution in [3.05, 3.63) is 60.0 Å². The normalized spacial score (nSPS) is 14.4. The molecule has 0 atom stereocenters. The number of hydrogen-bond donors (Lipinski definition) is 0. The van der Waals surface area contributed by atoms with Gasteiger partial charge in [0.2, 0.25) is 0 Å². The van der Waals surface area contributed by atoms with E-state index in [-0.39, 0.29) is 0 Å². The number of nitrogens with zero attached hydrogens (tertiary/aromatic N) is 2. The molecule has 0 unspecified atom stereocenters. The van der Waals surface area contributed by atoms with Crippen LogP contribution in [0.5, 0.6) is 0 Å². The van der Waals surface area contributed by atoms with Crippen LogP contribution in [0, 0.1) is 6.92 Å². The van der Waals surface area contributed by atoms with Crippen LogP contribution in [0.4, 0.5) is 0 Å². The summed E-state index contributed by atoms with van der Waals surface area (Å²) in [5, 5.41) is 4.19. The van der Waals surface area contributed by atoms with Crippen LogP contribution in [-0.4, -0.2) is 23.1 Å². The fraction of sp³-hybridized carbons (Fsp3) is 0.278. The molecular weight excluding hydrogens is 260 g/mol. The fourth-order valence-corrected chi connectivity index (χ4v) is 2.47. The quantitative estimate of drug-likeness (QED) is 0.837. The van der Waals surface area contributed by atoms with Gasteiger partial charge in [-0.25, -0.2) is 0 Å². The second-order valence-electron chi connectivity index (χ2n) is 5.42. The molecule has 0 bridgehead atoms. The van der Waals surface area contributed by atoms with Crippen molar-refractivity contribution in [1.82, 2.24) is 10.1 Å². The highest BCUT2D eigenvalue weighted by atomic mass is 16.5. The maximum atomic E-state index is 5.52.